The molecule has 3 aromatic rings. The SMILES string of the molecule is Cc1c(CC=O)cccc1-c1c(F)cc(C(N)=O)c2[nH]c3c(c12)CCC(C(C)(C)O)C3. The number of primary amides is 1. The van der Waals surface area contributed by atoms with Crippen LogP contribution in [0.4, 0.5) is 4.39 Å². The minimum Gasteiger partial charge on any atom is -0.390 e. The molecule has 0 saturated carbocycles. The van der Waals surface area contributed by atoms with Crippen molar-refractivity contribution in [1.82, 2.24) is 4.98 Å². The maximum absolute atomic E-state index is 15.5. The summed E-state index contributed by atoms with van der Waals surface area (Å²) in [5.74, 6) is -1.16. The van der Waals surface area contributed by atoms with Gasteiger partial charge in [-0.3, -0.25) is 4.79 Å². The average molecular weight is 423 g/mol. The fraction of sp³-hybridized carbons (Fsp3) is 0.360. The predicted octanol–water partition coefficient (Wildman–Crippen LogP) is 4.00. The molecule has 0 saturated heterocycles. The number of aromatic amines is 1. The van der Waals surface area contributed by atoms with Crippen molar-refractivity contribution in [3.05, 3.63) is 58.0 Å². The standard InChI is InChI=1S/C25H27FN2O3/c1-13-14(9-10-29)5-4-6-16(13)21-19(26)12-18(24(27)30)23-22(21)17-8-7-15(25(2,3)31)11-20(17)28-23/h4-6,10,12,15,28,31H,7-9,11H2,1-3H3,(H2,27,30). The van der Waals surface area contributed by atoms with Gasteiger partial charge in [0.2, 0.25) is 0 Å². The van der Waals surface area contributed by atoms with E-state index in [0.29, 0.717) is 34.9 Å². The highest BCUT2D eigenvalue weighted by molar-refractivity contribution is 6.11. The zero-order chi connectivity index (χ0) is 22.5. The lowest BCUT2D eigenvalue weighted by Gasteiger charge is -2.32. The number of halogens is 1. The number of carbonyl (C=O) groups excluding carboxylic acids is 2. The molecule has 0 fully saturated rings. The highest BCUT2D eigenvalue weighted by atomic mass is 19.1. The molecule has 1 aromatic heterocycles. The summed E-state index contributed by atoms with van der Waals surface area (Å²) in [4.78, 5) is 26.5. The summed E-state index contributed by atoms with van der Waals surface area (Å²) in [5.41, 5.74) is 10.1. The Hall–Kier alpha value is -2.99. The van der Waals surface area contributed by atoms with E-state index in [4.69, 9.17) is 5.73 Å². The molecule has 0 radical (unpaired) electrons. The van der Waals surface area contributed by atoms with Crippen molar-refractivity contribution in [3.8, 4) is 11.1 Å². The van der Waals surface area contributed by atoms with Crippen LogP contribution in [0.2, 0.25) is 0 Å². The molecule has 31 heavy (non-hydrogen) atoms. The van der Waals surface area contributed by atoms with E-state index in [-0.39, 0.29) is 17.9 Å². The van der Waals surface area contributed by atoms with Gasteiger partial charge in [-0.05, 0) is 74.3 Å². The van der Waals surface area contributed by atoms with Crippen LogP contribution in [0.3, 0.4) is 0 Å². The summed E-state index contributed by atoms with van der Waals surface area (Å²) in [7, 11) is 0. The molecule has 162 valence electrons. The number of aryl methyl sites for hydroxylation is 1. The second-order valence-corrected chi connectivity index (χ2v) is 9.03. The van der Waals surface area contributed by atoms with Gasteiger partial charge in [0, 0.05) is 23.1 Å². The Labute approximate surface area is 180 Å². The second-order valence-electron chi connectivity index (χ2n) is 9.03. The van der Waals surface area contributed by atoms with Crippen LogP contribution in [0.5, 0.6) is 0 Å². The first-order chi connectivity index (χ1) is 14.6. The minimum absolute atomic E-state index is 0.0519. The number of amides is 1. The van der Waals surface area contributed by atoms with Crippen molar-refractivity contribution < 1.29 is 19.1 Å². The smallest absolute Gasteiger partial charge is 0.250 e. The van der Waals surface area contributed by atoms with Gasteiger partial charge in [0.05, 0.1) is 16.7 Å². The van der Waals surface area contributed by atoms with Gasteiger partial charge >= 0.3 is 0 Å². The zero-order valence-electron chi connectivity index (χ0n) is 18.0. The van der Waals surface area contributed by atoms with Crippen LogP contribution in [-0.2, 0) is 24.1 Å². The lowest BCUT2D eigenvalue weighted by atomic mass is 9.77. The number of carbonyl (C=O) groups is 2. The third-order valence-electron chi connectivity index (χ3n) is 6.70. The average Bonchev–Trinajstić information content (AvgIpc) is 3.07. The van der Waals surface area contributed by atoms with Crippen LogP contribution >= 0.6 is 0 Å². The molecule has 1 aliphatic rings. The number of aromatic nitrogens is 1. The van der Waals surface area contributed by atoms with Gasteiger partial charge in [0.15, 0.2) is 0 Å². The molecule has 4 rings (SSSR count). The van der Waals surface area contributed by atoms with Gasteiger partial charge in [-0.1, -0.05) is 18.2 Å². The van der Waals surface area contributed by atoms with Gasteiger partial charge in [0.25, 0.3) is 5.91 Å². The summed E-state index contributed by atoms with van der Waals surface area (Å²) in [6.45, 7) is 5.48. The van der Waals surface area contributed by atoms with Gasteiger partial charge in [-0.25, -0.2) is 4.39 Å². The van der Waals surface area contributed by atoms with Crippen LogP contribution in [0.15, 0.2) is 24.3 Å². The fourth-order valence-electron chi connectivity index (χ4n) is 4.90. The molecule has 0 bridgehead atoms. The Morgan fingerprint density at radius 1 is 1.39 bits per heavy atom. The summed E-state index contributed by atoms with van der Waals surface area (Å²) in [6.07, 6.45) is 3.11. The van der Waals surface area contributed by atoms with Crippen LogP contribution in [-0.4, -0.2) is 27.9 Å². The Balaban J connectivity index is 2.02. The summed E-state index contributed by atoms with van der Waals surface area (Å²) in [5, 5.41) is 11.2. The Morgan fingerprint density at radius 3 is 2.77 bits per heavy atom. The summed E-state index contributed by atoms with van der Waals surface area (Å²) in [6, 6.07) is 6.72. The number of hydrogen-bond donors (Lipinski definition) is 3. The Morgan fingerprint density at radius 2 is 2.13 bits per heavy atom. The van der Waals surface area contributed by atoms with E-state index in [1.165, 1.54) is 6.07 Å². The van der Waals surface area contributed by atoms with Gasteiger partial charge in [-0.15, -0.1) is 0 Å². The second kappa shape index (κ2) is 7.61. The van der Waals surface area contributed by atoms with E-state index in [1.807, 2.05) is 25.1 Å². The molecule has 2 aromatic carbocycles. The van der Waals surface area contributed by atoms with E-state index >= 15 is 4.39 Å². The normalized spacial score (nSPS) is 16.4. The van der Waals surface area contributed by atoms with Gasteiger partial charge in [0.1, 0.15) is 12.1 Å². The predicted molar refractivity (Wildman–Crippen MR) is 119 cm³/mol. The van der Waals surface area contributed by atoms with Crippen LogP contribution in [0.25, 0.3) is 22.0 Å². The lowest BCUT2D eigenvalue weighted by Crippen LogP contribution is -2.34. The first-order valence-electron chi connectivity index (χ1n) is 10.5. The molecule has 0 aliphatic heterocycles. The van der Waals surface area contributed by atoms with Crippen molar-refractivity contribution in [2.45, 2.75) is 52.1 Å². The van der Waals surface area contributed by atoms with Gasteiger partial charge in [-0.2, -0.15) is 0 Å². The molecule has 1 amide bonds. The molecule has 4 N–H and O–H groups in total. The van der Waals surface area contributed by atoms with E-state index in [9.17, 15) is 14.7 Å². The first kappa shape index (κ1) is 21.2. The van der Waals surface area contributed by atoms with Crippen molar-refractivity contribution in [1.29, 1.82) is 0 Å². The van der Waals surface area contributed by atoms with E-state index in [0.717, 1.165) is 35.1 Å². The number of benzene rings is 2. The minimum atomic E-state index is -0.838. The number of fused-ring (bicyclic) bond motifs is 3. The van der Waals surface area contributed by atoms with E-state index in [2.05, 4.69) is 4.98 Å². The summed E-state index contributed by atoms with van der Waals surface area (Å²) >= 11 is 0. The largest absolute Gasteiger partial charge is 0.390 e. The highest BCUT2D eigenvalue weighted by Crippen LogP contribution is 2.43. The Bertz CT molecular complexity index is 1200. The molecule has 5 nitrogen and oxygen atoms in total. The number of rotatable bonds is 5. The quantitative estimate of drug-likeness (QED) is 0.542. The molecule has 1 atom stereocenters. The zero-order valence-corrected chi connectivity index (χ0v) is 18.0. The van der Waals surface area contributed by atoms with Crippen LogP contribution in [0, 0.1) is 18.7 Å². The molecule has 1 aliphatic carbocycles. The van der Waals surface area contributed by atoms with Crippen LogP contribution in [0.1, 0.15) is 53.0 Å². The number of nitrogens with one attached hydrogen (secondary N) is 1. The van der Waals surface area contributed by atoms with Crippen molar-refractivity contribution in [2.24, 2.45) is 11.7 Å². The molecule has 1 unspecified atom stereocenters. The van der Waals surface area contributed by atoms with Crippen molar-refractivity contribution in [2.75, 3.05) is 0 Å². The van der Waals surface area contributed by atoms with Gasteiger partial charge < -0.3 is 20.6 Å². The van der Waals surface area contributed by atoms with Crippen molar-refractivity contribution >= 4 is 23.1 Å². The number of H-pyrrole nitrogens is 1. The number of nitrogens with two attached hydrogens (primary N) is 1. The number of aliphatic hydroxyl groups is 1. The summed E-state index contributed by atoms with van der Waals surface area (Å²) < 4.78 is 15.5. The maximum Gasteiger partial charge on any atom is 0.250 e. The fourth-order valence-corrected chi connectivity index (χ4v) is 4.90. The topological polar surface area (TPSA) is 96.2 Å². The molecular weight excluding hydrogens is 395 g/mol. The number of hydrogen-bond acceptors (Lipinski definition) is 3. The Kier molecular flexibility index (Phi) is 5.21. The third-order valence-corrected chi connectivity index (χ3v) is 6.70. The molecule has 6 heteroatoms. The van der Waals surface area contributed by atoms with E-state index in [1.54, 1.807) is 13.8 Å². The molecular formula is C25H27FN2O3. The third kappa shape index (κ3) is 3.55. The van der Waals surface area contributed by atoms with Crippen molar-refractivity contribution in [3.63, 3.8) is 0 Å². The van der Waals surface area contributed by atoms with E-state index < -0.39 is 17.3 Å². The number of aldehydes is 1. The first-order valence-corrected chi connectivity index (χ1v) is 10.5. The monoisotopic (exact) mass is 422 g/mol. The highest BCUT2D eigenvalue weighted by Gasteiger charge is 2.34. The lowest BCUT2D eigenvalue weighted by molar-refractivity contribution is -0.107. The maximum atomic E-state index is 15.5. The molecule has 0 spiro atoms. The van der Waals surface area contributed by atoms with Crippen LogP contribution < -0.4 is 5.73 Å². The molecule has 1 heterocycles.